The maximum atomic E-state index is 12.3. The molecule has 0 bridgehead atoms. The summed E-state index contributed by atoms with van der Waals surface area (Å²) >= 11 is 0. The van der Waals surface area contributed by atoms with Crippen LogP contribution in [0.5, 0.6) is 5.75 Å². The Morgan fingerprint density at radius 2 is 0.929 bits per heavy atom. The molecule has 0 fully saturated rings. The first-order valence-electron chi connectivity index (χ1n) is 13.5. The fourth-order valence-corrected chi connectivity index (χ4v) is 4.84. The Morgan fingerprint density at radius 1 is 0.500 bits per heavy atom. The van der Waals surface area contributed by atoms with E-state index < -0.39 is 11.9 Å². The second-order valence-electron chi connectivity index (χ2n) is 9.52. The number of carbonyl (C=O) groups is 2. The van der Waals surface area contributed by atoms with Crippen LogP contribution in [-0.4, -0.2) is 26.2 Å². The summed E-state index contributed by atoms with van der Waals surface area (Å²) in [5.74, 6) is -0.823. The number of esters is 2. The summed E-state index contributed by atoms with van der Waals surface area (Å²) < 4.78 is 15.6. The standard InChI is InChI=1S/C37H30O5/c1-40-36(38)32-23-22-31(24-33(32)37(39)41-2)42-25-26-18-20-30(21-19-26)35(29-16-10-5-11-17-29)34(27-12-6-3-7-13-27)28-14-8-4-9-15-28/h3-24H,25H2,1-2H3. The smallest absolute Gasteiger partial charge is 0.338 e. The van der Waals surface area contributed by atoms with Crippen LogP contribution in [0.15, 0.2) is 133 Å². The Labute approximate surface area is 245 Å². The van der Waals surface area contributed by atoms with E-state index in [9.17, 15) is 9.59 Å². The van der Waals surface area contributed by atoms with E-state index in [2.05, 4.69) is 84.9 Å². The summed E-state index contributed by atoms with van der Waals surface area (Å²) in [7, 11) is 2.52. The fourth-order valence-electron chi connectivity index (χ4n) is 4.84. The zero-order chi connectivity index (χ0) is 29.3. The number of hydrogen-bond acceptors (Lipinski definition) is 5. The number of benzene rings is 5. The first kappa shape index (κ1) is 28.1. The molecular weight excluding hydrogens is 524 g/mol. The molecule has 0 N–H and O–H groups in total. The van der Waals surface area contributed by atoms with Crippen LogP contribution in [0.4, 0.5) is 0 Å². The van der Waals surface area contributed by atoms with Gasteiger partial charge in [0, 0.05) is 0 Å². The Bertz CT molecular complexity index is 1650. The van der Waals surface area contributed by atoms with Crippen molar-refractivity contribution >= 4 is 23.1 Å². The van der Waals surface area contributed by atoms with E-state index >= 15 is 0 Å². The molecule has 0 aliphatic heterocycles. The van der Waals surface area contributed by atoms with Crippen LogP contribution in [-0.2, 0) is 16.1 Å². The van der Waals surface area contributed by atoms with Crippen LogP contribution in [0.25, 0.3) is 11.1 Å². The maximum Gasteiger partial charge on any atom is 0.338 e. The van der Waals surface area contributed by atoms with Crippen molar-refractivity contribution in [3.63, 3.8) is 0 Å². The third-order valence-electron chi connectivity index (χ3n) is 6.89. The molecule has 0 amide bonds. The number of ether oxygens (including phenoxy) is 3. The molecule has 0 spiro atoms. The van der Waals surface area contributed by atoms with Gasteiger partial charge in [0.2, 0.25) is 0 Å². The van der Waals surface area contributed by atoms with E-state index in [4.69, 9.17) is 14.2 Å². The van der Waals surface area contributed by atoms with Gasteiger partial charge in [0.15, 0.2) is 0 Å². The van der Waals surface area contributed by atoms with Gasteiger partial charge in [-0.25, -0.2) is 9.59 Å². The van der Waals surface area contributed by atoms with E-state index in [-0.39, 0.29) is 17.7 Å². The van der Waals surface area contributed by atoms with Gasteiger partial charge in [-0.3, -0.25) is 0 Å². The number of carbonyl (C=O) groups excluding carboxylic acids is 2. The fraction of sp³-hybridized carbons (Fsp3) is 0.0811. The normalized spacial score (nSPS) is 10.4. The molecule has 5 rings (SSSR count). The highest BCUT2D eigenvalue weighted by atomic mass is 16.5. The quantitative estimate of drug-likeness (QED) is 0.137. The minimum atomic E-state index is -0.641. The topological polar surface area (TPSA) is 61.8 Å². The highest BCUT2D eigenvalue weighted by molar-refractivity contribution is 6.05. The molecule has 0 aliphatic carbocycles. The SMILES string of the molecule is COC(=O)c1ccc(OCc2ccc(C(=C(c3ccccc3)c3ccccc3)c3ccccc3)cc2)cc1C(=O)OC. The van der Waals surface area contributed by atoms with Crippen molar-refractivity contribution in [3.05, 3.63) is 172 Å². The van der Waals surface area contributed by atoms with Crippen LogP contribution >= 0.6 is 0 Å². The first-order valence-corrected chi connectivity index (χ1v) is 13.5. The highest BCUT2D eigenvalue weighted by Gasteiger charge is 2.20. The van der Waals surface area contributed by atoms with Crippen molar-refractivity contribution in [2.75, 3.05) is 14.2 Å². The molecule has 5 aromatic carbocycles. The Balaban J connectivity index is 1.50. The summed E-state index contributed by atoms with van der Waals surface area (Å²) in [6, 6.07) is 44.2. The zero-order valence-electron chi connectivity index (χ0n) is 23.5. The average Bonchev–Trinajstić information content (AvgIpc) is 3.07. The number of hydrogen-bond donors (Lipinski definition) is 0. The lowest BCUT2D eigenvalue weighted by Gasteiger charge is -2.18. The number of rotatable bonds is 9. The van der Waals surface area contributed by atoms with Gasteiger partial charge in [0.1, 0.15) is 12.4 Å². The van der Waals surface area contributed by atoms with E-state index in [0.29, 0.717) is 5.75 Å². The molecule has 0 unspecified atom stereocenters. The van der Waals surface area contributed by atoms with Gasteiger partial charge >= 0.3 is 11.9 Å². The second kappa shape index (κ2) is 13.3. The van der Waals surface area contributed by atoms with Crippen LogP contribution in [0, 0.1) is 0 Å². The third kappa shape index (κ3) is 6.31. The van der Waals surface area contributed by atoms with Gasteiger partial charge in [-0.05, 0) is 57.2 Å². The largest absolute Gasteiger partial charge is 0.489 e. The Kier molecular flexibility index (Phi) is 8.90. The highest BCUT2D eigenvalue weighted by Crippen LogP contribution is 2.36. The van der Waals surface area contributed by atoms with Crippen LogP contribution in [0.1, 0.15) is 48.5 Å². The van der Waals surface area contributed by atoms with Crippen LogP contribution < -0.4 is 4.74 Å². The molecule has 0 aliphatic rings. The average molecular weight is 555 g/mol. The first-order chi connectivity index (χ1) is 20.6. The molecule has 0 atom stereocenters. The summed E-state index contributed by atoms with van der Waals surface area (Å²) in [5, 5.41) is 0. The molecule has 0 heterocycles. The molecule has 5 nitrogen and oxygen atoms in total. The van der Waals surface area contributed by atoms with Crippen molar-refractivity contribution in [1.82, 2.24) is 0 Å². The van der Waals surface area contributed by atoms with Gasteiger partial charge in [-0.15, -0.1) is 0 Å². The molecule has 5 aromatic rings. The monoisotopic (exact) mass is 554 g/mol. The minimum Gasteiger partial charge on any atom is -0.489 e. The third-order valence-corrected chi connectivity index (χ3v) is 6.89. The molecular formula is C37H30O5. The minimum absolute atomic E-state index is 0.0872. The summed E-state index contributed by atoms with van der Waals surface area (Å²) in [4.78, 5) is 24.4. The van der Waals surface area contributed by atoms with Crippen molar-refractivity contribution in [1.29, 1.82) is 0 Å². The summed E-state index contributed by atoms with van der Waals surface area (Å²) in [6.07, 6.45) is 0. The summed E-state index contributed by atoms with van der Waals surface area (Å²) in [6.45, 7) is 0.271. The molecule has 0 radical (unpaired) electrons. The van der Waals surface area contributed by atoms with E-state index in [1.165, 1.54) is 26.4 Å². The van der Waals surface area contributed by atoms with E-state index in [0.717, 1.165) is 39.0 Å². The Morgan fingerprint density at radius 3 is 1.38 bits per heavy atom. The lowest BCUT2D eigenvalue weighted by atomic mass is 9.85. The predicted molar refractivity (Wildman–Crippen MR) is 164 cm³/mol. The lowest BCUT2D eigenvalue weighted by molar-refractivity contribution is 0.0555. The van der Waals surface area contributed by atoms with Crippen molar-refractivity contribution in [2.45, 2.75) is 6.61 Å². The van der Waals surface area contributed by atoms with Gasteiger partial charge in [0.25, 0.3) is 0 Å². The van der Waals surface area contributed by atoms with E-state index in [1.807, 2.05) is 30.3 Å². The number of methoxy groups -OCH3 is 2. The van der Waals surface area contributed by atoms with E-state index in [1.54, 1.807) is 6.07 Å². The lowest BCUT2D eigenvalue weighted by Crippen LogP contribution is -2.12. The zero-order valence-corrected chi connectivity index (χ0v) is 23.5. The van der Waals surface area contributed by atoms with Crippen molar-refractivity contribution < 1.29 is 23.8 Å². The van der Waals surface area contributed by atoms with Gasteiger partial charge in [0.05, 0.1) is 25.3 Å². The molecule has 0 saturated heterocycles. The Hall–Kier alpha value is -5.42. The van der Waals surface area contributed by atoms with Gasteiger partial charge < -0.3 is 14.2 Å². The molecule has 0 saturated carbocycles. The van der Waals surface area contributed by atoms with Gasteiger partial charge in [-0.1, -0.05) is 115 Å². The molecule has 0 aromatic heterocycles. The van der Waals surface area contributed by atoms with Crippen molar-refractivity contribution in [2.24, 2.45) is 0 Å². The van der Waals surface area contributed by atoms with Crippen LogP contribution in [0.3, 0.4) is 0 Å². The summed E-state index contributed by atoms with van der Waals surface area (Å²) in [5.41, 5.74) is 7.88. The molecule has 42 heavy (non-hydrogen) atoms. The van der Waals surface area contributed by atoms with Crippen LogP contribution in [0.2, 0.25) is 0 Å². The molecule has 208 valence electrons. The predicted octanol–water partition coefficient (Wildman–Crippen LogP) is 7.85. The second-order valence-corrected chi connectivity index (χ2v) is 9.52. The van der Waals surface area contributed by atoms with Gasteiger partial charge in [-0.2, -0.15) is 0 Å². The van der Waals surface area contributed by atoms with Crippen molar-refractivity contribution in [3.8, 4) is 5.75 Å². The maximum absolute atomic E-state index is 12.3. The molecule has 5 heteroatoms.